The van der Waals surface area contributed by atoms with Gasteiger partial charge < -0.3 is 15.8 Å². The van der Waals surface area contributed by atoms with Crippen molar-refractivity contribution < 1.29 is 9.90 Å². The standard InChI is InChI=1S/C31H26Cl2N4O4/c1-31(2,41)15-11-12-16-21(13-15)35-27-19(28(34)38)14-20(32)24(25(16)27)18-8-6-10-23(26(18)33)37-29(39)17-7-4-5-9-22(17)36(3)30(37)40/h4-13,19,35,41H,14H2,1-3H3,(H2,34,38)/t19-/m0/s1. The summed E-state index contributed by atoms with van der Waals surface area (Å²) >= 11 is 13.9. The van der Waals surface area contributed by atoms with Crippen LogP contribution in [-0.4, -0.2) is 25.1 Å². The number of rotatable bonds is 4. The van der Waals surface area contributed by atoms with Crippen molar-refractivity contribution in [3.63, 3.8) is 0 Å². The number of fused-ring (bicyclic) bond motifs is 4. The molecule has 5 aromatic rings. The summed E-state index contributed by atoms with van der Waals surface area (Å²) in [6.45, 7) is 3.38. The number of nitrogens with two attached hydrogens (primary N) is 1. The molecule has 1 aliphatic rings. The number of aromatic nitrogens is 3. The van der Waals surface area contributed by atoms with Gasteiger partial charge >= 0.3 is 5.69 Å². The summed E-state index contributed by atoms with van der Waals surface area (Å²) in [5, 5.41) is 12.2. The highest BCUT2D eigenvalue weighted by atomic mass is 35.5. The highest BCUT2D eigenvalue weighted by molar-refractivity contribution is 6.38. The van der Waals surface area contributed by atoms with Gasteiger partial charge in [0.2, 0.25) is 5.91 Å². The molecule has 1 amide bonds. The van der Waals surface area contributed by atoms with Gasteiger partial charge in [-0.3, -0.25) is 14.2 Å². The molecule has 8 nitrogen and oxygen atoms in total. The number of benzene rings is 3. The van der Waals surface area contributed by atoms with Gasteiger partial charge in [0, 0.05) is 51.8 Å². The van der Waals surface area contributed by atoms with E-state index >= 15 is 0 Å². The first-order chi connectivity index (χ1) is 19.4. The van der Waals surface area contributed by atoms with Gasteiger partial charge in [0.1, 0.15) is 0 Å². The summed E-state index contributed by atoms with van der Waals surface area (Å²) < 4.78 is 2.46. The predicted molar refractivity (Wildman–Crippen MR) is 162 cm³/mol. The molecule has 0 radical (unpaired) electrons. The molecule has 0 spiro atoms. The third kappa shape index (κ3) is 4.13. The molecule has 3 aromatic carbocycles. The van der Waals surface area contributed by atoms with Gasteiger partial charge in [0.05, 0.1) is 33.1 Å². The normalized spacial score (nSPS) is 15.5. The molecule has 1 atom stereocenters. The van der Waals surface area contributed by atoms with Gasteiger partial charge in [-0.2, -0.15) is 0 Å². The molecule has 208 valence electrons. The van der Waals surface area contributed by atoms with E-state index in [0.29, 0.717) is 49.4 Å². The maximum atomic E-state index is 13.5. The number of para-hydroxylation sites is 1. The zero-order chi connectivity index (χ0) is 29.4. The summed E-state index contributed by atoms with van der Waals surface area (Å²) in [6.07, 6.45) is 0.142. The number of carbonyl (C=O) groups excluding carboxylic acids is 1. The van der Waals surface area contributed by atoms with Crippen LogP contribution in [0.5, 0.6) is 0 Å². The Morgan fingerprint density at radius 2 is 1.78 bits per heavy atom. The predicted octanol–water partition coefficient (Wildman–Crippen LogP) is 5.02. The highest BCUT2D eigenvalue weighted by Gasteiger charge is 2.35. The van der Waals surface area contributed by atoms with E-state index in [1.165, 1.54) is 4.57 Å². The van der Waals surface area contributed by atoms with E-state index in [4.69, 9.17) is 28.9 Å². The summed E-state index contributed by atoms with van der Waals surface area (Å²) in [5.74, 6) is -1.25. The van der Waals surface area contributed by atoms with E-state index < -0.39 is 28.7 Å². The minimum Gasteiger partial charge on any atom is -0.386 e. The third-order valence-corrected chi connectivity index (χ3v) is 8.54. The fourth-order valence-corrected chi connectivity index (χ4v) is 6.33. The smallest absolute Gasteiger partial charge is 0.335 e. The Labute approximate surface area is 244 Å². The average molecular weight is 589 g/mol. The third-order valence-electron chi connectivity index (χ3n) is 7.80. The van der Waals surface area contributed by atoms with E-state index in [-0.39, 0.29) is 17.1 Å². The van der Waals surface area contributed by atoms with E-state index in [1.54, 1.807) is 63.4 Å². The largest absolute Gasteiger partial charge is 0.386 e. The van der Waals surface area contributed by atoms with Crippen LogP contribution in [0.1, 0.15) is 48.6 Å². The topological polar surface area (TPSA) is 123 Å². The Morgan fingerprint density at radius 1 is 1.05 bits per heavy atom. The minimum absolute atomic E-state index is 0.142. The number of H-pyrrole nitrogens is 1. The van der Waals surface area contributed by atoms with Crippen LogP contribution in [0.4, 0.5) is 0 Å². The SMILES string of the molecule is Cn1c(=O)n(-c2cccc(C3=C(Cl)C[C@H](C(N)=O)c4[nH]c5cc(C(C)(C)O)ccc5c43)c2Cl)c(=O)c2ccccc21. The lowest BCUT2D eigenvalue weighted by atomic mass is 9.83. The van der Waals surface area contributed by atoms with Crippen LogP contribution in [0.3, 0.4) is 0 Å². The molecule has 0 bridgehead atoms. The molecule has 1 aliphatic carbocycles. The van der Waals surface area contributed by atoms with Gasteiger partial charge in [0.15, 0.2) is 0 Å². The second kappa shape index (κ2) is 9.48. The molecule has 0 fully saturated rings. The fraction of sp³-hybridized carbons (Fsp3) is 0.194. The van der Waals surface area contributed by atoms with Crippen molar-refractivity contribution in [3.8, 4) is 5.69 Å². The van der Waals surface area contributed by atoms with Crippen molar-refractivity contribution in [1.29, 1.82) is 0 Å². The Kier molecular flexibility index (Phi) is 6.26. The molecular formula is C31H26Cl2N4O4. The summed E-state index contributed by atoms with van der Waals surface area (Å²) in [6, 6.07) is 17.4. The molecular weight excluding hydrogens is 563 g/mol. The Bertz CT molecular complexity index is 2080. The second-order valence-corrected chi connectivity index (χ2v) is 11.6. The highest BCUT2D eigenvalue weighted by Crippen LogP contribution is 2.48. The Morgan fingerprint density at radius 3 is 2.49 bits per heavy atom. The van der Waals surface area contributed by atoms with Crippen molar-refractivity contribution in [2.24, 2.45) is 12.8 Å². The number of aliphatic hydroxyl groups is 1. The van der Waals surface area contributed by atoms with E-state index in [1.807, 2.05) is 18.2 Å². The maximum absolute atomic E-state index is 13.5. The number of hydrogen-bond acceptors (Lipinski definition) is 4. The first kappa shape index (κ1) is 27.1. The molecule has 4 N–H and O–H groups in total. The van der Waals surface area contributed by atoms with Crippen LogP contribution in [0, 0.1) is 0 Å². The Balaban J connectivity index is 1.63. The number of hydrogen-bond donors (Lipinski definition) is 3. The van der Waals surface area contributed by atoms with Crippen LogP contribution in [0.25, 0.3) is 33.1 Å². The minimum atomic E-state index is -1.09. The lowest BCUT2D eigenvalue weighted by Crippen LogP contribution is -2.38. The number of aromatic amines is 1. The average Bonchev–Trinajstić information content (AvgIpc) is 3.31. The molecule has 0 saturated carbocycles. The number of allylic oxidation sites excluding steroid dienone is 1. The second-order valence-electron chi connectivity index (χ2n) is 10.8. The van der Waals surface area contributed by atoms with Crippen molar-refractivity contribution in [2.75, 3.05) is 0 Å². The zero-order valence-corrected chi connectivity index (χ0v) is 24.0. The molecule has 0 saturated heterocycles. The number of nitrogens with zero attached hydrogens (tertiary/aromatic N) is 2. The van der Waals surface area contributed by atoms with E-state index in [2.05, 4.69) is 4.98 Å². The number of amides is 1. The lowest BCUT2D eigenvalue weighted by molar-refractivity contribution is -0.119. The molecule has 2 aromatic heterocycles. The zero-order valence-electron chi connectivity index (χ0n) is 22.5. The Hall–Kier alpha value is -4.11. The quantitative estimate of drug-likeness (QED) is 0.272. The summed E-state index contributed by atoms with van der Waals surface area (Å²) in [7, 11) is 1.60. The van der Waals surface area contributed by atoms with Gasteiger partial charge in [-0.15, -0.1) is 0 Å². The number of nitrogens with one attached hydrogen (secondary N) is 1. The van der Waals surface area contributed by atoms with E-state index in [0.717, 1.165) is 9.95 Å². The van der Waals surface area contributed by atoms with Gasteiger partial charge in [-0.1, -0.05) is 59.6 Å². The van der Waals surface area contributed by atoms with Crippen LogP contribution in [-0.2, 0) is 17.4 Å². The molecule has 0 aliphatic heterocycles. The molecule has 10 heteroatoms. The first-order valence-electron chi connectivity index (χ1n) is 13.0. The summed E-state index contributed by atoms with van der Waals surface area (Å²) in [5.41, 5.74) is 8.06. The monoisotopic (exact) mass is 588 g/mol. The fourth-order valence-electron chi connectivity index (χ4n) is 5.68. The first-order valence-corrected chi connectivity index (χ1v) is 13.7. The van der Waals surface area contributed by atoms with Crippen molar-refractivity contribution in [1.82, 2.24) is 14.1 Å². The number of carbonyl (C=O) groups is 1. The number of halogens is 2. The van der Waals surface area contributed by atoms with Crippen LogP contribution in [0.2, 0.25) is 5.02 Å². The van der Waals surface area contributed by atoms with Crippen LogP contribution >= 0.6 is 23.2 Å². The van der Waals surface area contributed by atoms with Crippen molar-refractivity contribution >= 4 is 56.5 Å². The van der Waals surface area contributed by atoms with Crippen molar-refractivity contribution in [3.05, 3.63) is 114 Å². The van der Waals surface area contributed by atoms with Crippen LogP contribution in [0.15, 0.2) is 75.3 Å². The van der Waals surface area contributed by atoms with Gasteiger partial charge in [-0.05, 0) is 43.7 Å². The molecule has 2 heterocycles. The lowest BCUT2D eigenvalue weighted by Gasteiger charge is -2.25. The van der Waals surface area contributed by atoms with Gasteiger partial charge in [-0.25, -0.2) is 9.36 Å². The summed E-state index contributed by atoms with van der Waals surface area (Å²) in [4.78, 5) is 42.8. The maximum Gasteiger partial charge on any atom is 0.335 e. The molecule has 6 rings (SSSR count). The van der Waals surface area contributed by atoms with E-state index in [9.17, 15) is 19.5 Å². The number of primary amides is 1. The van der Waals surface area contributed by atoms with Crippen molar-refractivity contribution in [2.45, 2.75) is 31.8 Å². The number of aryl methyl sites for hydroxylation is 1. The van der Waals surface area contributed by atoms with Gasteiger partial charge in [0.25, 0.3) is 5.56 Å². The van der Waals surface area contributed by atoms with Crippen LogP contribution < -0.4 is 17.0 Å². The molecule has 41 heavy (non-hydrogen) atoms. The molecule has 0 unspecified atom stereocenters.